The first-order valence-corrected chi connectivity index (χ1v) is 8.49. The fourth-order valence-electron chi connectivity index (χ4n) is 2.52. The van der Waals surface area contributed by atoms with E-state index in [1.54, 1.807) is 31.3 Å². The van der Waals surface area contributed by atoms with Gasteiger partial charge in [-0.05, 0) is 39.0 Å². The molecule has 0 saturated carbocycles. The first-order chi connectivity index (χ1) is 13.1. The third kappa shape index (κ3) is 4.59. The number of nitrogens with one attached hydrogen (secondary N) is 3. The molecule has 9 heteroatoms. The number of aryl methyl sites for hydroxylation is 2. The molecular formula is C19H21F3N3O3+. The van der Waals surface area contributed by atoms with Crippen LogP contribution < -0.4 is 15.6 Å². The monoisotopic (exact) mass is 396 g/mol. The highest BCUT2D eigenvalue weighted by Crippen LogP contribution is 2.32. The molecule has 2 aromatic rings. The summed E-state index contributed by atoms with van der Waals surface area (Å²) in [5, 5.41) is 3.88. The van der Waals surface area contributed by atoms with E-state index < -0.39 is 23.7 Å². The van der Waals surface area contributed by atoms with Gasteiger partial charge in [-0.2, -0.15) is 13.2 Å². The zero-order chi connectivity index (χ0) is 20.9. The van der Waals surface area contributed by atoms with Crippen LogP contribution in [0.25, 0.3) is 0 Å². The number of aromatic nitrogens is 1. The van der Waals surface area contributed by atoms with Crippen LogP contribution in [0.5, 0.6) is 0 Å². The van der Waals surface area contributed by atoms with Crippen LogP contribution >= 0.6 is 0 Å². The van der Waals surface area contributed by atoms with E-state index in [0.29, 0.717) is 11.3 Å². The summed E-state index contributed by atoms with van der Waals surface area (Å²) in [5.74, 6) is -2.86. The summed E-state index contributed by atoms with van der Waals surface area (Å²) < 4.78 is 46.9. The molecule has 1 heterocycles. The van der Waals surface area contributed by atoms with Crippen LogP contribution in [0.3, 0.4) is 0 Å². The van der Waals surface area contributed by atoms with E-state index in [1.807, 2.05) is 0 Å². The van der Waals surface area contributed by atoms with Crippen molar-refractivity contribution in [3.8, 4) is 0 Å². The van der Waals surface area contributed by atoms with Gasteiger partial charge in [-0.3, -0.25) is 10.1 Å². The molecule has 1 aromatic heterocycles. The number of benzene rings is 1. The van der Waals surface area contributed by atoms with Crippen LogP contribution in [-0.4, -0.2) is 30.3 Å². The summed E-state index contributed by atoms with van der Waals surface area (Å²) in [5.41, 5.74) is -2.27. The first-order valence-electron chi connectivity index (χ1n) is 8.49. The molecule has 0 aliphatic heterocycles. The van der Waals surface area contributed by atoms with Crippen molar-refractivity contribution in [1.82, 2.24) is 5.32 Å². The highest BCUT2D eigenvalue weighted by molar-refractivity contribution is 5.99. The van der Waals surface area contributed by atoms with Gasteiger partial charge < -0.3 is 4.74 Å². The molecule has 0 radical (unpaired) electrons. The molecule has 1 amide bonds. The largest absolute Gasteiger partial charge is 0.464 e. The number of carbonyl (C=O) groups is 2. The number of hydrogen-bond acceptors (Lipinski definition) is 4. The van der Waals surface area contributed by atoms with Crippen LogP contribution in [0.1, 0.15) is 28.5 Å². The number of esters is 1. The third-order valence-electron chi connectivity index (χ3n) is 3.85. The highest BCUT2D eigenvalue weighted by Gasteiger charge is 2.68. The molecule has 28 heavy (non-hydrogen) atoms. The fraction of sp³-hybridized carbons (Fsp3) is 0.316. The number of H-pyrrole nitrogens is 1. The van der Waals surface area contributed by atoms with Gasteiger partial charge in [-0.1, -0.05) is 23.8 Å². The van der Waals surface area contributed by atoms with Crippen molar-refractivity contribution < 1.29 is 32.5 Å². The SMILES string of the molecule is CCOC(=O)[C@@](NC(=O)c1cccc(C)c1)(Nc1cccc(C)[nH+]1)C(F)(F)F. The fourth-order valence-corrected chi connectivity index (χ4v) is 2.52. The Balaban J connectivity index is 2.52. The van der Waals surface area contributed by atoms with Gasteiger partial charge in [0.05, 0.1) is 12.3 Å². The smallest absolute Gasteiger partial charge is 0.461 e. The molecule has 3 N–H and O–H groups in total. The van der Waals surface area contributed by atoms with Gasteiger partial charge in [0, 0.05) is 11.6 Å². The Kier molecular flexibility index (Phi) is 6.27. The summed E-state index contributed by atoms with van der Waals surface area (Å²) in [6, 6.07) is 10.4. The molecule has 0 bridgehead atoms. The Morgan fingerprint density at radius 2 is 1.79 bits per heavy atom. The molecular weight excluding hydrogens is 375 g/mol. The second-order valence-corrected chi connectivity index (χ2v) is 6.16. The van der Waals surface area contributed by atoms with Crippen molar-refractivity contribution in [2.24, 2.45) is 0 Å². The lowest BCUT2D eigenvalue weighted by Gasteiger charge is -2.30. The van der Waals surface area contributed by atoms with Crippen LogP contribution in [0.2, 0.25) is 0 Å². The molecule has 6 nitrogen and oxygen atoms in total. The molecule has 0 aliphatic carbocycles. The minimum absolute atomic E-state index is 0.0204. The third-order valence-corrected chi connectivity index (χ3v) is 3.85. The van der Waals surface area contributed by atoms with E-state index >= 15 is 0 Å². The predicted octanol–water partition coefficient (Wildman–Crippen LogP) is 2.78. The molecule has 0 aliphatic rings. The standard InChI is InChI=1S/C19H20F3N3O3/c1-4-28-17(27)18(19(20,21)22,24-15-10-6-8-13(3)23-15)25-16(26)14-9-5-7-12(2)11-14/h5-11H,4H2,1-3H3,(H,23,24)(H,25,26)/p+1/t18-/m0/s1. The van der Waals surface area contributed by atoms with Crippen LogP contribution in [-0.2, 0) is 9.53 Å². The molecule has 1 atom stereocenters. The zero-order valence-electron chi connectivity index (χ0n) is 15.6. The maximum absolute atomic E-state index is 14.1. The van der Waals surface area contributed by atoms with Gasteiger partial charge in [-0.15, -0.1) is 0 Å². The van der Waals surface area contributed by atoms with Crippen LogP contribution in [0.4, 0.5) is 19.0 Å². The molecule has 0 unspecified atom stereocenters. The van der Waals surface area contributed by atoms with Crippen molar-refractivity contribution >= 4 is 17.7 Å². The van der Waals surface area contributed by atoms with E-state index in [0.717, 1.165) is 0 Å². The Morgan fingerprint density at radius 1 is 1.11 bits per heavy atom. The zero-order valence-corrected chi connectivity index (χ0v) is 15.6. The van der Waals surface area contributed by atoms with Gasteiger partial charge >= 0.3 is 17.8 Å². The Labute approximate surface area is 160 Å². The predicted molar refractivity (Wildman–Crippen MR) is 95.4 cm³/mol. The van der Waals surface area contributed by atoms with Gasteiger partial charge in [0.25, 0.3) is 11.7 Å². The molecule has 1 aromatic carbocycles. The van der Waals surface area contributed by atoms with Crippen LogP contribution in [0.15, 0.2) is 42.5 Å². The van der Waals surface area contributed by atoms with E-state index in [1.165, 1.54) is 37.3 Å². The Bertz CT molecular complexity index is 871. The number of alkyl halides is 3. The minimum Gasteiger partial charge on any atom is -0.461 e. The molecule has 0 saturated heterocycles. The number of aromatic amines is 1. The molecule has 0 spiro atoms. The van der Waals surface area contributed by atoms with E-state index in [2.05, 4.69) is 15.0 Å². The number of hydrogen-bond donors (Lipinski definition) is 2. The summed E-state index contributed by atoms with van der Waals surface area (Å²) >= 11 is 0. The maximum Gasteiger partial charge on any atom is 0.464 e. The number of carbonyl (C=O) groups excluding carboxylic acids is 2. The molecule has 0 fully saturated rings. The van der Waals surface area contributed by atoms with Crippen molar-refractivity contribution in [2.45, 2.75) is 32.6 Å². The average Bonchev–Trinajstić information content (AvgIpc) is 2.60. The number of amides is 1. The normalized spacial score (nSPS) is 13.4. The van der Waals surface area contributed by atoms with Crippen molar-refractivity contribution in [3.63, 3.8) is 0 Å². The summed E-state index contributed by atoms with van der Waals surface area (Å²) in [6.45, 7) is 4.41. The van der Waals surface area contributed by atoms with Crippen LogP contribution in [0, 0.1) is 13.8 Å². The Morgan fingerprint density at radius 3 is 2.36 bits per heavy atom. The van der Waals surface area contributed by atoms with Gasteiger partial charge in [0.2, 0.25) is 0 Å². The quantitative estimate of drug-likeness (QED) is 0.581. The molecule has 150 valence electrons. The van der Waals surface area contributed by atoms with Gasteiger partial charge in [-0.25, -0.2) is 15.1 Å². The van der Waals surface area contributed by atoms with E-state index in [-0.39, 0.29) is 18.0 Å². The minimum atomic E-state index is -5.20. The van der Waals surface area contributed by atoms with Gasteiger partial charge in [0.15, 0.2) is 0 Å². The first kappa shape index (κ1) is 21.2. The van der Waals surface area contributed by atoms with Gasteiger partial charge in [0.1, 0.15) is 0 Å². The average molecular weight is 396 g/mol. The second-order valence-electron chi connectivity index (χ2n) is 6.16. The lowest BCUT2D eigenvalue weighted by molar-refractivity contribution is -0.372. The number of pyridine rings is 1. The number of halogens is 3. The summed E-state index contributed by atoms with van der Waals surface area (Å²) in [7, 11) is 0. The summed E-state index contributed by atoms with van der Waals surface area (Å²) in [4.78, 5) is 27.6. The van der Waals surface area contributed by atoms with E-state index in [4.69, 9.17) is 0 Å². The lowest BCUT2D eigenvalue weighted by Crippen LogP contribution is -2.69. The van der Waals surface area contributed by atoms with E-state index in [9.17, 15) is 22.8 Å². The van der Waals surface area contributed by atoms with Crippen molar-refractivity contribution in [2.75, 3.05) is 11.9 Å². The second kappa shape index (κ2) is 8.28. The molecule has 2 rings (SSSR count). The number of anilines is 1. The number of ether oxygens (including phenoxy) is 1. The number of rotatable bonds is 6. The topological polar surface area (TPSA) is 81.6 Å². The highest BCUT2D eigenvalue weighted by atomic mass is 19.4. The Hall–Kier alpha value is -3.10. The summed E-state index contributed by atoms with van der Waals surface area (Å²) in [6.07, 6.45) is -5.20. The lowest BCUT2D eigenvalue weighted by atomic mass is 10.1. The van der Waals surface area contributed by atoms with Crippen molar-refractivity contribution in [1.29, 1.82) is 0 Å². The maximum atomic E-state index is 14.1. The van der Waals surface area contributed by atoms with Crippen molar-refractivity contribution in [3.05, 3.63) is 59.3 Å².